The van der Waals surface area contributed by atoms with Gasteiger partial charge in [-0.05, 0) is 165 Å². The largest absolute Gasteiger partial charge is 0.494 e. The SMILES string of the molecule is C=C(C)C(=O)OCCCCCC(=O)OCCCCCC(=O)OCCCCCC(=O)OCCCCCCO[C@H]1CC[C@H](C(=O)Oc2ccc(OC(=O)c3ccc(OCCCCCC)cc3)cc2)CC1. The van der Waals surface area contributed by atoms with Crippen LogP contribution in [0, 0.1) is 5.92 Å². The quantitative estimate of drug-likeness (QED) is 0.0205. The Bertz CT molecular complexity index is 1760. The van der Waals surface area contributed by atoms with E-state index in [4.69, 9.17) is 37.9 Å². The highest BCUT2D eigenvalue weighted by atomic mass is 16.6. The highest BCUT2D eigenvalue weighted by Gasteiger charge is 2.28. The van der Waals surface area contributed by atoms with Gasteiger partial charge in [0.15, 0.2) is 0 Å². The van der Waals surface area contributed by atoms with Crippen molar-refractivity contribution in [3.05, 3.63) is 66.2 Å². The minimum absolute atomic E-state index is 0.129. The van der Waals surface area contributed by atoms with Gasteiger partial charge in [-0.1, -0.05) is 39.2 Å². The van der Waals surface area contributed by atoms with Crippen molar-refractivity contribution in [3.8, 4) is 17.2 Å². The molecule has 2 aromatic rings. The smallest absolute Gasteiger partial charge is 0.343 e. The molecule has 1 aliphatic carbocycles. The number of hydrogen-bond acceptors (Lipinski definition) is 14. The topological polar surface area (TPSA) is 176 Å². The van der Waals surface area contributed by atoms with Gasteiger partial charge in [0.2, 0.25) is 0 Å². The highest BCUT2D eigenvalue weighted by Crippen LogP contribution is 2.29. The normalized spacial score (nSPS) is 14.3. The van der Waals surface area contributed by atoms with Crippen LogP contribution in [0.1, 0.15) is 178 Å². The summed E-state index contributed by atoms with van der Waals surface area (Å²) in [5, 5.41) is 0. The van der Waals surface area contributed by atoms with Crippen LogP contribution in [0.4, 0.5) is 0 Å². The summed E-state index contributed by atoms with van der Waals surface area (Å²) in [4.78, 5) is 72.8. The van der Waals surface area contributed by atoms with Crippen molar-refractivity contribution >= 4 is 35.8 Å². The Morgan fingerprint density at radius 3 is 1.41 bits per heavy atom. The number of rotatable bonds is 37. The van der Waals surface area contributed by atoms with E-state index in [1.54, 1.807) is 55.5 Å². The van der Waals surface area contributed by atoms with E-state index in [9.17, 15) is 28.8 Å². The summed E-state index contributed by atoms with van der Waals surface area (Å²) in [7, 11) is 0. The van der Waals surface area contributed by atoms with E-state index in [1.165, 1.54) is 12.8 Å². The summed E-state index contributed by atoms with van der Waals surface area (Å²) >= 11 is 0. The number of hydrogen-bond donors (Lipinski definition) is 0. The summed E-state index contributed by atoms with van der Waals surface area (Å²) < 4.78 is 43.9. The highest BCUT2D eigenvalue weighted by molar-refractivity contribution is 5.91. The van der Waals surface area contributed by atoms with Crippen LogP contribution in [0.3, 0.4) is 0 Å². The average molecular weight is 951 g/mol. The van der Waals surface area contributed by atoms with Gasteiger partial charge in [-0.3, -0.25) is 19.2 Å². The predicted octanol–water partition coefficient (Wildman–Crippen LogP) is 11.3. The number of esters is 6. The lowest BCUT2D eigenvalue weighted by molar-refractivity contribution is -0.145. The second kappa shape index (κ2) is 35.8. The summed E-state index contributed by atoms with van der Waals surface area (Å²) in [6, 6.07) is 13.4. The first-order valence-electron chi connectivity index (χ1n) is 25.2. The number of carbonyl (C=O) groups excluding carboxylic acids is 6. The standard InChI is InChI=1S/C54H78O14/c1-4-5-6-15-36-61-45-28-24-43(25-29-45)53(59)67-47-32-34-48(35-33-47)68-54(60)44-26-30-46(31-27-44)62-37-16-7-8-17-38-63-49(55)21-12-9-18-39-64-50(56)22-13-10-19-40-65-51(57)23-14-11-20-41-66-52(58)42(2)3/h24-25,28-29,32-35,44,46H,2,4-23,26-27,30-31,36-41H2,1,3H3/t44-,46-. The predicted molar refractivity (Wildman–Crippen MR) is 257 cm³/mol. The van der Waals surface area contributed by atoms with E-state index >= 15 is 0 Å². The molecule has 0 heterocycles. The van der Waals surface area contributed by atoms with Crippen LogP contribution in [-0.4, -0.2) is 81.6 Å². The molecule has 0 saturated heterocycles. The Morgan fingerprint density at radius 2 is 0.912 bits per heavy atom. The van der Waals surface area contributed by atoms with Crippen molar-refractivity contribution < 1.29 is 66.7 Å². The van der Waals surface area contributed by atoms with Crippen molar-refractivity contribution in [1.29, 1.82) is 0 Å². The second-order valence-corrected chi connectivity index (χ2v) is 17.5. The van der Waals surface area contributed by atoms with Gasteiger partial charge in [-0.15, -0.1) is 0 Å². The lowest BCUT2D eigenvalue weighted by atomic mass is 9.87. The Morgan fingerprint density at radius 1 is 0.485 bits per heavy atom. The molecule has 0 amide bonds. The van der Waals surface area contributed by atoms with Crippen molar-refractivity contribution in [2.45, 2.75) is 174 Å². The monoisotopic (exact) mass is 951 g/mol. The Hall–Kier alpha value is -5.24. The van der Waals surface area contributed by atoms with E-state index in [2.05, 4.69) is 13.5 Å². The van der Waals surface area contributed by atoms with Crippen LogP contribution >= 0.6 is 0 Å². The van der Waals surface area contributed by atoms with Crippen LogP contribution in [0.5, 0.6) is 17.2 Å². The van der Waals surface area contributed by atoms with Gasteiger partial charge >= 0.3 is 35.8 Å². The summed E-state index contributed by atoms with van der Waals surface area (Å²) in [5.41, 5.74) is 0.785. The van der Waals surface area contributed by atoms with Gasteiger partial charge in [0.05, 0.1) is 50.6 Å². The molecule has 0 spiro atoms. The zero-order chi connectivity index (χ0) is 49.0. The van der Waals surface area contributed by atoms with Crippen molar-refractivity contribution in [1.82, 2.24) is 0 Å². The first-order valence-corrected chi connectivity index (χ1v) is 25.2. The van der Waals surface area contributed by atoms with E-state index in [1.807, 2.05) is 0 Å². The molecule has 0 bridgehead atoms. The fourth-order valence-corrected chi connectivity index (χ4v) is 7.33. The third-order valence-corrected chi connectivity index (χ3v) is 11.5. The van der Waals surface area contributed by atoms with Gasteiger partial charge in [0, 0.05) is 31.4 Å². The minimum atomic E-state index is -0.481. The van der Waals surface area contributed by atoms with Gasteiger partial charge < -0.3 is 37.9 Å². The molecule has 0 aliphatic heterocycles. The molecule has 1 saturated carbocycles. The minimum Gasteiger partial charge on any atom is -0.494 e. The Labute approximate surface area is 404 Å². The molecule has 0 radical (unpaired) electrons. The lowest BCUT2D eigenvalue weighted by Gasteiger charge is -2.27. The van der Waals surface area contributed by atoms with Crippen molar-refractivity contribution in [2.75, 3.05) is 39.6 Å². The summed E-state index contributed by atoms with van der Waals surface area (Å²) in [6.45, 7) is 9.98. The van der Waals surface area contributed by atoms with E-state index in [-0.39, 0.29) is 35.9 Å². The first kappa shape index (κ1) is 57.1. The van der Waals surface area contributed by atoms with Gasteiger partial charge in [0.25, 0.3) is 0 Å². The van der Waals surface area contributed by atoms with Crippen LogP contribution in [-0.2, 0) is 47.7 Å². The van der Waals surface area contributed by atoms with Crippen LogP contribution in [0.15, 0.2) is 60.7 Å². The van der Waals surface area contributed by atoms with E-state index in [0.29, 0.717) is 133 Å². The Kier molecular flexibility index (Phi) is 30.1. The zero-order valence-electron chi connectivity index (χ0n) is 40.9. The lowest BCUT2D eigenvalue weighted by Crippen LogP contribution is -2.29. The molecule has 0 aromatic heterocycles. The van der Waals surface area contributed by atoms with Crippen LogP contribution in [0.2, 0.25) is 0 Å². The van der Waals surface area contributed by atoms with Gasteiger partial charge in [-0.25, -0.2) is 9.59 Å². The maximum atomic E-state index is 12.9. The molecular weight excluding hydrogens is 873 g/mol. The molecule has 378 valence electrons. The fraction of sp³-hybridized carbons (Fsp3) is 0.630. The molecule has 0 unspecified atom stereocenters. The molecule has 14 nitrogen and oxygen atoms in total. The third kappa shape index (κ3) is 26.9. The summed E-state index contributed by atoms with van der Waals surface area (Å²) in [6.07, 6.45) is 18.7. The number of unbranched alkanes of at least 4 members (excludes halogenated alkanes) is 12. The van der Waals surface area contributed by atoms with Crippen LogP contribution in [0.25, 0.3) is 0 Å². The van der Waals surface area contributed by atoms with Crippen molar-refractivity contribution in [2.24, 2.45) is 5.92 Å². The maximum absolute atomic E-state index is 12.9. The van der Waals surface area contributed by atoms with Crippen molar-refractivity contribution in [3.63, 3.8) is 0 Å². The van der Waals surface area contributed by atoms with Gasteiger partial charge in [-0.2, -0.15) is 0 Å². The maximum Gasteiger partial charge on any atom is 0.343 e. The first-order chi connectivity index (χ1) is 33.0. The molecule has 3 rings (SSSR count). The molecule has 68 heavy (non-hydrogen) atoms. The number of benzene rings is 2. The zero-order valence-corrected chi connectivity index (χ0v) is 40.9. The fourth-order valence-electron chi connectivity index (χ4n) is 7.33. The Balaban J connectivity index is 1.07. The molecule has 2 aromatic carbocycles. The third-order valence-electron chi connectivity index (χ3n) is 11.5. The molecular formula is C54H78O14. The van der Waals surface area contributed by atoms with E-state index in [0.717, 1.165) is 76.4 Å². The second-order valence-electron chi connectivity index (χ2n) is 17.5. The number of carbonyl (C=O) groups is 6. The number of ether oxygens (including phenoxy) is 8. The average Bonchev–Trinajstić information content (AvgIpc) is 3.33. The molecule has 0 atom stereocenters. The molecule has 1 aliphatic rings. The van der Waals surface area contributed by atoms with Crippen LogP contribution < -0.4 is 14.2 Å². The molecule has 14 heteroatoms. The molecule has 1 fully saturated rings. The van der Waals surface area contributed by atoms with E-state index < -0.39 is 11.9 Å². The summed E-state index contributed by atoms with van der Waals surface area (Å²) in [5.74, 6) is -0.550. The molecule has 0 N–H and O–H groups in total. The van der Waals surface area contributed by atoms with Gasteiger partial charge in [0.1, 0.15) is 17.2 Å².